The Bertz CT molecular complexity index is 1530. The monoisotopic (exact) mass is 528 g/mol. The molecule has 0 bridgehead atoms. The van der Waals surface area contributed by atoms with Gasteiger partial charge in [0.1, 0.15) is 5.75 Å². The van der Waals surface area contributed by atoms with Crippen LogP contribution in [0.5, 0.6) is 5.75 Å². The van der Waals surface area contributed by atoms with Crippen LogP contribution < -0.4 is 10.1 Å². The average molecular weight is 529 g/mol. The smallest absolute Gasteiger partial charge is 0.293 e. The SMILES string of the molecule is O=C(COc1ccc(Cl)cc1/C=C1\SC(=O)N(Cc2cccc3ccccc23)C1=O)Nc1ccccc1. The van der Waals surface area contributed by atoms with Gasteiger partial charge in [0, 0.05) is 16.3 Å². The summed E-state index contributed by atoms with van der Waals surface area (Å²) in [5.41, 5.74) is 2.04. The van der Waals surface area contributed by atoms with E-state index in [0.29, 0.717) is 22.0 Å². The van der Waals surface area contributed by atoms with Crippen molar-refractivity contribution in [3.05, 3.63) is 112 Å². The Balaban J connectivity index is 1.33. The van der Waals surface area contributed by atoms with Crippen molar-refractivity contribution in [3.8, 4) is 5.75 Å². The molecular weight excluding hydrogens is 508 g/mol. The Morgan fingerprint density at radius 2 is 1.70 bits per heavy atom. The van der Waals surface area contributed by atoms with Crippen LogP contribution in [-0.4, -0.2) is 28.6 Å². The molecule has 0 aliphatic carbocycles. The first-order valence-electron chi connectivity index (χ1n) is 11.5. The minimum absolute atomic E-state index is 0.169. The number of halogens is 1. The van der Waals surface area contributed by atoms with E-state index in [2.05, 4.69) is 5.32 Å². The summed E-state index contributed by atoms with van der Waals surface area (Å²) in [5, 5.41) is 4.87. The number of hydrogen-bond acceptors (Lipinski definition) is 5. The fourth-order valence-electron chi connectivity index (χ4n) is 4.00. The van der Waals surface area contributed by atoms with Gasteiger partial charge in [-0.3, -0.25) is 19.3 Å². The topological polar surface area (TPSA) is 75.7 Å². The largest absolute Gasteiger partial charge is 0.483 e. The van der Waals surface area contributed by atoms with E-state index >= 15 is 0 Å². The molecule has 4 aromatic carbocycles. The van der Waals surface area contributed by atoms with Crippen molar-refractivity contribution >= 4 is 63.0 Å². The molecule has 0 unspecified atom stereocenters. The number of para-hydroxylation sites is 1. The summed E-state index contributed by atoms with van der Waals surface area (Å²) in [7, 11) is 0. The molecule has 184 valence electrons. The van der Waals surface area contributed by atoms with Crippen LogP contribution in [0, 0.1) is 0 Å². The normalized spacial score (nSPS) is 14.4. The molecule has 0 radical (unpaired) electrons. The summed E-state index contributed by atoms with van der Waals surface area (Å²) in [6, 6.07) is 27.6. The second-order valence-corrected chi connectivity index (χ2v) is 9.72. The second-order valence-electron chi connectivity index (χ2n) is 8.29. The number of hydrogen-bond donors (Lipinski definition) is 1. The molecule has 1 N–H and O–H groups in total. The van der Waals surface area contributed by atoms with Gasteiger partial charge in [-0.2, -0.15) is 0 Å². The molecule has 4 aromatic rings. The molecule has 1 aliphatic heterocycles. The first-order valence-corrected chi connectivity index (χ1v) is 12.7. The van der Waals surface area contributed by atoms with Gasteiger partial charge in [0.05, 0.1) is 11.4 Å². The maximum atomic E-state index is 13.2. The Labute approximate surface area is 222 Å². The molecule has 0 saturated carbocycles. The molecule has 0 atom stereocenters. The summed E-state index contributed by atoms with van der Waals surface area (Å²) in [6.07, 6.45) is 1.57. The first-order chi connectivity index (χ1) is 18.0. The zero-order valence-corrected chi connectivity index (χ0v) is 21.1. The van der Waals surface area contributed by atoms with E-state index < -0.39 is 5.91 Å². The van der Waals surface area contributed by atoms with Crippen LogP contribution in [0.4, 0.5) is 10.5 Å². The fraction of sp³-hybridized carbons (Fsp3) is 0.0690. The number of carbonyl (C=O) groups excluding carboxylic acids is 3. The van der Waals surface area contributed by atoms with Gasteiger partial charge in [-0.05, 0) is 64.5 Å². The lowest BCUT2D eigenvalue weighted by Crippen LogP contribution is -2.27. The lowest BCUT2D eigenvalue weighted by molar-refractivity contribution is -0.123. The number of ether oxygens (including phenoxy) is 1. The predicted molar refractivity (Wildman–Crippen MR) is 147 cm³/mol. The van der Waals surface area contributed by atoms with Crippen LogP contribution in [0.25, 0.3) is 16.8 Å². The van der Waals surface area contributed by atoms with Gasteiger partial charge in [-0.1, -0.05) is 72.3 Å². The molecule has 6 nitrogen and oxygen atoms in total. The molecule has 37 heavy (non-hydrogen) atoms. The van der Waals surface area contributed by atoms with Crippen molar-refractivity contribution in [2.45, 2.75) is 6.54 Å². The van der Waals surface area contributed by atoms with Crippen molar-refractivity contribution in [2.75, 3.05) is 11.9 Å². The van der Waals surface area contributed by atoms with E-state index in [4.69, 9.17) is 16.3 Å². The van der Waals surface area contributed by atoms with E-state index in [9.17, 15) is 14.4 Å². The highest BCUT2D eigenvalue weighted by molar-refractivity contribution is 8.18. The highest BCUT2D eigenvalue weighted by atomic mass is 35.5. The van der Waals surface area contributed by atoms with Crippen LogP contribution in [0.15, 0.2) is 95.9 Å². The minimum Gasteiger partial charge on any atom is -0.483 e. The van der Waals surface area contributed by atoms with Crippen LogP contribution in [0.2, 0.25) is 5.02 Å². The number of nitrogens with one attached hydrogen (secondary N) is 1. The lowest BCUT2D eigenvalue weighted by Gasteiger charge is -2.14. The second kappa shape index (κ2) is 10.9. The zero-order chi connectivity index (χ0) is 25.8. The van der Waals surface area contributed by atoms with Crippen LogP contribution in [0.1, 0.15) is 11.1 Å². The van der Waals surface area contributed by atoms with E-state index in [1.807, 2.05) is 60.7 Å². The third-order valence-corrected chi connectivity index (χ3v) is 6.90. The van der Waals surface area contributed by atoms with Gasteiger partial charge in [0.25, 0.3) is 17.1 Å². The molecule has 8 heteroatoms. The predicted octanol–water partition coefficient (Wildman–Crippen LogP) is 6.75. The van der Waals surface area contributed by atoms with Crippen LogP contribution in [-0.2, 0) is 16.1 Å². The van der Waals surface area contributed by atoms with Crippen LogP contribution >= 0.6 is 23.4 Å². The van der Waals surface area contributed by atoms with Crippen molar-refractivity contribution in [1.82, 2.24) is 4.90 Å². The maximum Gasteiger partial charge on any atom is 0.293 e. The molecular formula is C29H21ClN2O4S. The van der Waals surface area contributed by atoms with E-state index in [1.165, 1.54) is 4.90 Å². The third-order valence-electron chi connectivity index (χ3n) is 5.76. The van der Waals surface area contributed by atoms with Gasteiger partial charge in [-0.25, -0.2) is 0 Å². The molecule has 0 spiro atoms. The van der Waals surface area contributed by atoms with Gasteiger partial charge in [-0.15, -0.1) is 0 Å². The summed E-state index contributed by atoms with van der Waals surface area (Å²) in [5.74, 6) is -0.355. The maximum absolute atomic E-state index is 13.2. The van der Waals surface area contributed by atoms with Gasteiger partial charge in [0.15, 0.2) is 6.61 Å². The zero-order valence-electron chi connectivity index (χ0n) is 19.5. The molecule has 0 aromatic heterocycles. The quantitative estimate of drug-likeness (QED) is 0.269. The molecule has 1 aliphatic rings. The van der Waals surface area contributed by atoms with E-state index in [0.717, 1.165) is 28.1 Å². The van der Waals surface area contributed by atoms with E-state index in [1.54, 1.807) is 36.4 Å². The van der Waals surface area contributed by atoms with Gasteiger partial charge in [0.2, 0.25) is 0 Å². The number of nitrogens with zero attached hydrogens (tertiary/aromatic N) is 1. The Hall–Kier alpha value is -4.07. The van der Waals surface area contributed by atoms with Gasteiger partial charge >= 0.3 is 0 Å². The van der Waals surface area contributed by atoms with Crippen molar-refractivity contribution < 1.29 is 19.1 Å². The number of rotatable bonds is 7. The number of imide groups is 1. The van der Waals surface area contributed by atoms with Crippen LogP contribution in [0.3, 0.4) is 0 Å². The van der Waals surface area contributed by atoms with Crippen molar-refractivity contribution in [1.29, 1.82) is 0 Å². The summed E-state index contributed by atoms with van der Waals surface area (Å²) in [6.45, 7) is -0.0676. The molecule has 1 fully saturated rings. The summed E-state index contributed by atoms with van der Waals surface area (Å²) < 4.78 is 5.73. The Kier molecular flexibility index (Phi) is 7.25. The third kappa shape index (κ3) is 5.69. The number of amides is 3. The number of carbonyl (C=O) groups is 3. The number of thioether (sulfide) groups is 1. The van der Waals surface area contributed by atoms with Gasteiger partial charge < -0.3 is 10.1 Å². The summed E-state index contributed by atoms with van der Waals surface area (Å²) in [4.78, 5) is 39.8. The molecule has 3 amide bonds. The molecule has 5 rings (SSSR count). The Morgan fingerprint density at radius 1 is 0.946 bits per heavy atom. The Morgan fingerprint density at radius 3 is 2.54 bits per heavy atom. The van der Waals surface area contributed by atoms with E-state index in [-0.39, 0.29) is 29.2 Å². The average Bonchev–Trinajstić information content (AvgIpc) is 3.16. The standard InChI is InChI=1S/C29H21ClN2O4S/c30-22-13-14-25(36-18-27(33)31-23-10-2-1-3-11-23)21(15-22)16-26-28(34)32(29(35)37-26)17-20-9-6-8-19-7-4-5-12-24(19)20/h1-16H,17-18H2,(H,31,33)/b26-16-. The summed E-state index contributed by atoms with van der Waals surface area (Å²) >= 11 is 7.06. The fourth-order valence-corrected chi connectivity index (χ4v) is 5.01. The highest BCUT2D eigenvalue weighted by Crippen LogP contribution is 2.36. The van der Waals surface area contributed by atoms with Crippen molar-refractivity contribution in [3.63, 3.8) is 0 Å². The molecule has 1 saturated heterocycles. The number of fused-ring (bicyclic) bond motifs is 1. The molecule has 1 heterocycles. The lowest BCUT2D eigenvalue weighted by atomic mass is 10.0. The number of benzene rings is 4. The number of anilines is 1. The first kappa shape index (κ1) is 24.6. The van der Waals surface area contributed by atoms with Crippen molar-refractivity contribution in [2.24, 2.45) is 0 Å². The minimum atomic E-state index is -0.393. The highest BCUT2D eigenvalue weighted by Gasteiger charge is 2.35.